The molecule has 3 N–H and O–H groups in total. The predicted molar refractivity (Wildman–Crippen MR) is 59.2 cm³/mol. The number of carboxylic acids is 1. The number of carboxylic acid groups (broad SMARTS) is 1. The van der Waals surface area contributed by atoms with Gasteiger partial charge in [-0.05, 0) is 33.1 Å². The van der Waals surface area contributed by atoms with E-state index in [9.17, 15) is 4.79 Å². The summed E-state index contributed by atoms with van der Waals surface area (Å²) in [5.74, 6) is -0.975. The molecule has 0 amide bonds. The van der Waals surface area contributed by atoms with Crippen molar-refractivity contribution in [3.8, 4) is 0 Å². The largest absolute Gasteiger partial charge is 0.480 e. The normalized spacial score (nSPS) is 32.3. The van der Waals surface area contributed by atoms with Crippen molar-refractivity contribution in [1.82, 2.24) is 0 Å². The lowest BCUT2D eigenvalue weighted by atomic mass is 10.0. The molecule has 1 saturated heterocycles. The van der Waals surface area contributed by atoms with Gasteiger partial charge in [0.15, 0.2) is 0 Å². The summed E-state index contributed by atoms with van der Waals surface area (Å²) in [4.78, 5) is 10.5. The highest BCUT2D eigenvalue weighted by molar-refractivity contribution is 5.72. The Bertz CT molecular complexity index is 224. The maximum Gasteiger partial charge on any atom is 0.320 e. The minimum absolute atomic E-state index is 0.166. The molecule has 0 spiro atoms. The van der Waals surface area contributed by atoms with E-state index in [0.717, 1.165) is 12.8 Å². The molecule has 0 aromatic carbocycles. The zero-order valence-corrected chi connectivity index (χ0v) is 9.89. The monoisotopic (exact) mass is 231 g/mol. The van der Waals surface area contributed by atoms with Gasteiger partial charge in [0.25, 0.3) is 0 Å². The van der Waals surface area contributed by atoms with Gasteiger partial charge in [0, 0.05) is 6.61 Å². The van der Waals surface area contributed by atoms with E-state index in [0.29, 0.717) is 13.0 Å². The minimum atomic E-state index is -0.975. The van der Waals surface area contributed by atoms with Crippen LogP contribution in [0, 0.1) is 0 Å². The third-order valence-electron chi connectivity index (χ3n) is 2.75. The first kappa shape index (κ1) is 13.4. The van der Waals surface area contributed by atoms with E-state index in [2.05, 4.69) is 0 Å². The van der Waals surface area contributed by atoms with Gasteiger partial charge in [-0.25, -0.2) is 0 Å². The van der Waals surface area contributed by atoms with Gasteiger partial charge in [0.05, 0.1) is 18.3 Å². The fraction of sp³-hybridized carbons (Fsp3) is 0.909. The first-order chi connectivity index (χ1) is 7.49. The number of hydrogen-bond acceptors (Lipinski definition) is 4. The van der Waals surface area contributed by atoms with E-state index >= 15 is 0 Å². The third kappa shape index (κ3) is 4.47. The summed E-state index contributed by atoms with van der Waals surface area (Å²) < 4.78 is 11.2. The van der Waals surface area contributed by atoms with Crippen LogP contribution in [-0.2, 0) is 14.3 Å². The number of aliphatic carboxylic acids is 1. The molecule has 5 heteroatoms. The molecule has 0 aromatic rings. The molecule has 3 atom stereocenters. The van der Waals surface area contributed by atoms with Gasteiger partial charge in [-0.2, -0.15) is 0 Å². The third-order valence-corrected chi connectivity index (χ3v) is 2.75. The van der Waals surface area contributed by atoms with Crippen molar-refractivity contribution in [2.24, 2.45) is 5.73 Å². The van der Waals surface area contributed by atoms with Crippen LogP contribution >= 0.6 is 0 Å². The number of carbonyl (C=O) groups is 1. The predicted octanol–water partition coefficient (Wildman–Crippen LogP) is 0.761. The van der Waals surface area contributed by atoms with Crippen LogP contribution in [0.25, 0.3) is 0 Å². The zero-order chi connectivity index (χ0) is 12.1. The van der Waals surface area contributed by atoms with E-state index in [-0.39, 0.29) is 18.3 Å². The molecular weight excluding hydrogens is 210 g/mol. The average molecular weight is 231 g/mol. The standard InChI is InChI=1S/C11H21NO4/c1-7-5-9(6-8(2)16-7)15-4-3-10(12)11(13)14/h7-10H,3-6,12H2,1-2H3,(H,13,14). The fourth-order valence-electron chi connectivity index (χ4n) is 1.97. The van der Waals surface area contributed by atoms with Gasteiger partial charge < -0.3 is 20.3 Å². The molecule has 0 saturated carbocycles. The van der Waals surface area contributed by atoms with Gasteiger partial charge in [-0.3, -0.25) is 4.79 Å². The van der Waals surface area contributed by atoms with Crippen molar-refractivity contribution in [3.05, 3.63) is 0 Å². The lowest BCUT2D eigenvalue weighted by molar-refractivity contribution is -0.139. The SMILES string of the molecule is CC1CC(OCCC(N)C(=O)O)CC(C)O1. The van der Waals surface area contributed by atoms with Gasteiger partial charge in [-0.15, -0.1) is 0 Å². The van der Waals surface area contributed by atoms with E-state index in [1.54, 1.807) is 0 Å². The summed E-state index contributed by atoms with van der Waals surface area (Å²) in [5, 5.41) is 8.60. The van der Waals surface area contributed by atoms with Crippen molar-refractivity contribution in [2.45, 2.75) is 57.5 Å². The molecule has 94 valence electrons. The van der Waals surface area contributed by atoms with Crippen molar-refractivity contribution in [2.75, 3.05) is 6.61 Å². The summed E-state index contributed by atoms with van der Waals surface area (Å²) in [6, 6.07) is -0.824. The van der Waals surface area contributed by atoms with Crippen molar-refractivity contribution in [1.29, 1.82) is 0 Å². The van der Waals surface area contributed by atoms with E-state index in [1.165, 1.54) is 0 Å². The molecule has 0 radical (unpaired) electrons. The van der Waals surface area contributed by atoms with Gasteiger partial charge in [0.2, 0.25) is 0 Å². The van der Waals surface area contributed by atoms with E-state index < -0.39 is 12.0 Å². The molecule has 1 aliphatic heterocycles. The molecule has 5 nitrogen and oxygen atoms in total. The second kappa shape index (κ2) is 6.18. The molecule has 0 aliphatic carbocycles. The molecule has 0 bridgehead atoms. The fourth-order valence-corrected chi connectivity index (χ4v) is 1.97. The molecule has 0 aromatic heterocycles. The second-order valence-electron chi connectivity index (χ2n) is 4.45. The Morgan fingerprint density at radius 3 is 2.56 bits per heavy atom. The van der Waals surface area contributed by atoms with Gasteiger partial charge in [-0.1, -0.05) is 0 Å². The highest BCUT2D eigenvalue weighted by atomic mass is 16.5. The smallest absolute Gasteiger partial charge is 0.320 e. The number of ether oxygens (including phenoxy) is 2. The van der Waals surface area contributed by atoms with Crippen LogP contribution in [0.3, 0.4) is 0 Å². The van der Waals surface area contributed by atoms with Crippen LogP contribution < -0.4 is 5.73 Å². The molecule has 16 heavy (non-hydrogen) atoms. The number of rotatable bonds is 5. The maximum absolute atomic E-state index is 10.5. The van der Waals surface area contributed by atoms with E-state index in [1.807, 2.05) is 13.8 Å². The summed E-state index contributed by atoms with van der Waals surface area (Å²) in [6.07, 6.45) is 2.68. The quantitative estimate of drug-likeness (QED) is 0.730. The van der Waals surface area contributed by atoms with Crippen LogP contribution in [0.1, 0.15) is 33.1 Å². The Balaban J connectivity index is 2.19. The first-order valence-corrected chi connectivity index (χ1v) is 5.74. The first-order valence-electron chi connectivity index (χ1n) is 5.74. The molecule has 1 aliphatic rings. The zero-order valence-electron chi connectivity index (χ0n) is 9.89. The highest BCUT2D eigenvalue weighted by Gasteiger charge is 2.25. The Morgan fingerprint density at radius 2 is 2.06 bits per heavy atom. The summed E-state index contributed by atoms with van der Waals surface area (Å²) >= 11 is 0. The lowest BCUT2D eigenvalue weighted by Crippen LogP contribution is -2.36. The van der Waals surface area contributed by atoms with Crippen molar-refractivity contribution in [3.63, 3.8) is 0 Å². The Hall–Kier alpha value is -0.650. The second-order valence-corrected chi connectivity index (χ2v) is 4.45. The number of nitrogens with two attached hydrogens (primary N) is 1. The van der Waals surface area contributed by atoms with Crippen LogP contribution in [0.15, 0.2) is 0 Å². The molecule has 3 unspecified atom stereocenters. The van der Waals surface area contributed by atoms with Crippen LogP contribution in [0.4, 0.5) is 0 Å². The Morgan fingerprint density at radius 1 is 1.50 bits per heavy atom. The van der Waals surface area contributed by atoms with Crippen molar-refractivity contribution < 1.29 is 19.4 Å². The topological polar surface area (TPSA) is 81.8 Å². The highest BCUT2D eigenvalue weighted by Crippen LogP contribution is 2.21. The molecule has 1 rings (SSSR count). The molecular formula is C11H21NO4. The summed E-state index contributed by atoms with van der Waals surface area (Å²) in [6.45, 7) is 4.45. The summed E-state index contributed by atoms with van der Waals surface area (Å²) in [7, 11) is 0. The van der Waals surface area contributed by atoms with Gasteiger partial charge >= 0.3 is 5.97 Å². The lowest BCUT2D eigenvalue weighted by Gasteiger charge is -2.32. The van der Waals surface area contributed by atoms with Gasteiger partial charge in [0.1, 0.15) is 6.04 Å². The average Bonchev–Trinajstić information content (AvgIpc) is 2.15. The van der Waals surface area contributed by atoms with Crippen molar-refractivity contribution >= 4 is 5.97 Å². The van der Waals surface area contributed by atoms with E-state index in [4.69, 9.17) is 20.3 Å². The van der Waals surface area contributed by atoms with Crippen LogP contribution in [0.5, 0.6) is 0 Å². The minimum Gasteiger partial charge on any atom is -0.480 e. The summed E-state index contributed by atoms with van der Waals surface area (Å²) in [5.41, 5.74) is 5.38. The maximum atomic E-state index is 10.5. The Labute approximate surface area is 95.9 Å². The number of hydrogen-bond donors (Lipinski definition) is 2. The Kier molecular flexibility index (Phi) is 5.18. The van der Waals surface area contributed by atoms with Crippen LogP contribution in [-0.4, -0.2) is 42.0 Å². The molecule has 1 heterocycles. The molecule has 1 fully saturated rings. The van der Waals surface area contributed by atoms with Crippen LogP contribution in [0.2, 0.25) is 0 Å².